The van der Waals surface area contributed by atoms with E-state index in [1.165, 1.54) is 11.8 Å². The molecule has 146 valence electrons. The highest BCUT2D eigenvalue weighted by Gasteiger charge is 2.12. The molecule has 8 heteroatoms. The van der Waals surface area contributed by atoms with E-state index in [1.807, 2.05) is 31.2 Å². The Balaban J connectivity index is 1.65. The second-order valence-corrected chi connectivity index (χ2v) is 8.70. The third kappa shape index (κ3) is 7.24. The zero-order chi connectivity index (χ0) is 19.7. The van der Waals surface area contributed by atoms with Crippen LogP contribution in [0, 0.1) is 6.92 Å². The smallest absolute Gasteiger partial charge is 0.240 e. The lowest BCUT2D eigenvalue weighted by molar-refractivity contribution is -0.118. The molecule has 2 N–H and O–H groups in total. The Morgan fingerprint density at radius 1 is 1.11 bits per heavy atom. The standard InChI is InChI=1S/C19H24N2O4S2/c1-15-7-9-18(10-8-15)27(23,24)21-12-4-11-20-19(22)14-26-17-6-3-5-16(13-17)25-2/h3,5-10,13,21H,4,11-12,14H2,1-2H3,(H,20,22). The zero-order valence-corrected chi connectivity index (χ0v) is 17.0. The number of amides is 1. The lowest BCUT2D eigenvalue weighted by atomic mass is 10.2. The highest BCUT2D eigenvalue weighted by molar-refractivity contribution is 8.00. The van der Waals surface area contributed by atoms with Crippen molar-refractivity contribution in [1.29, 1.82) is 0 Å². The first kappa shape index (κ1) is 21.3. The van der Waals surface area contributed by atoms with Crippen LogP contribution < -0.4 is 14.8 Å². The number of nitrogens with one attached hydrogen (secondary N) is 2. The third-order valence-electron chi connectivity index (χ3n) is 3.71. The quantitative estimate of drug-likeness (QED) is 0.466. The molecule has 0 bridgehead atoms. The van der Waals surface area contributed by atoms with Gasteiger partial charge >= 0.3 is 0 Å². The Morgan fingerprint density at radius 2 is 1.85 bits per heavy atom. The number of ether oxygens (including phenoxy) is 1. The summed E-state index contributed by atoms with van der Waals surface area (Å²) in [4.78, 5) is 13.1. The summed E-state index contributed by atoms with van der Waals surface area (Å²) in [5.41, 5.74) is 1.00. The minimum Gasteiger partial charge on any atom is -0.497 e. The normalized spacial score (nSPS) is 11.2. The van der Waals surface area contributed by atoms with Gasteiger partial charge in [0.1, 0.15) is 5.75 Å². The van der Waals surface area contributed by atoms with Crippen LogP contribution in [0.2, 0.25) is 0 Å². The molecule has 0 saturated heterocycles. The van der Waals surface area contributed by atoms with Crippen LogP contribution in [0.3, 0.4) is 0 Å². The van der Waals surface area contributed by atoms with Gasteiger partial charge < -0.3 is 10.1 Å². The molecule has 0 aliphatic carbocycles. The van der Waals surface area contributed by atoms with Gasteiger partial charge in [-0.25, -0.2) is 13.1 Å². The summed E-state index contributed by atoms with van der Waals surface area (Å²) >= 11 is 1.42. The topological polar surface area (TPSA) is 84.5 Å². The van der Waals surface area contributed by atoms with Crippen LogP contribution in [0.5, 0.6) is 5.75 Å². The van der Waals surface area contributed by atoms with Crippen LogP contribution in [0.1, 0.15) is 12.0 Å². The number of carbonyl (C=O) groups is 1. The molecule has 0 radical (unpaired) electrons. The van der Waals surface area contributed by atoms with E-state index in [0.29, 0.717) is 18.7 Å². The molecule has 2 rings (SSSR count). The van der Waals surface area contributed by atoms with Gasteiger partial charge in [0.25, 0.3) is 0 Å². The number of thioether (sulfide) groups is 1. The summed E-state index contributed by atoms with van der Waals surface area (Å²) in [6, 6.07) is 14.2. The molecular weight excluding hydrogens is 384 g/mol. The van der Waals surface area contributed by atoms with Gasteiger partial charge in [-0.3, -0.25) is 4.79 Å². The van der Waals surface area contributed by atoms with Crippen molar-refractivity contribution in [3.63, 3.8) is 0 Å². The van der Waals surface area contributed by atoms with Crippen LogP contribution in [-0.2, 0) is 14.8 Å². The Bertz CT molecular complexity index is 852. The molecule has 27 heavy (non-hydrogen) atoms. The molecule has 0 spiro atoms. The summed E-state index contributed by atoms with van der Waals surface area (Å²) in [6.07, 6.45) is 0.515. The summed E-state index contributed by atoms with van der Waals surface area (Å²) in [7, 11) is -1.91. The molecule has 0 unspecified atom stereocenters. The van der Waals surface area contributed by atoms with Gasteiger partial charge in [-0.05, 0) is 43.7 Å². The molecule has 2 aromatic rings. The summed E-state index contributed by atoms with van der Waals surface area (Å²) in [6.45, 7) is 2.58. The van der Waals surface area contributed by atoms with Crippen LogP contribution in [0.25, 0.3) is 0 Å². The van der Waals surface area contributed by atoms with E-state index < -0.39 is 10.0 Å². The third-order valence-corrected chi connectivity index (χ3v) is 6.18. The molecule has 0 aliphatic rings. The van der Waals surface area contributed by atoms with E-state index in [-0.39, 0.29) is 17.3 Å². The number of benzene rings is 2. The maximum absolute atomic E-state index is 12.1. The van der Waals surface area contributed by atoms with Crippen LogP contribution in [0.4, 0.5) is 0 Å². The Labute approximate surface area is 164 Å². The Morgan fingerprint density at radius 3 is 2.56 bits per heavy atom. The van der Waals surface area contributed by atoms with Crippen molar-refractivity contribution in [3.8, 4) is 5.75 Å². The fourth-order valence-corrected chi connectivity index (χ4v) is 4.06. The number of carbonyl (C=O) groups excluding carboxylic acids is 1. The molecular formula is C19H24N2O4S2. The number of sulfonamides is 1. The predicted molar refractivity (Wildman–Crippen MR) is 108 cm³/mol. The highest BCUT2D eigenvalue weighted by Crippen LogP contribution is 2.22. The monoisotopic (exact) mass is 408 g/mol. The first-order chi connectivity index (χ1) is 12.9. The van der Waals surface area contributed by atoms with Crippen molar-refractivity contribution in [1.82, 2.24) is 10.0 Å². The van der Waals surface area contributed by atoms with Gasteiger partial charge in [0, 0.05) is 18.0 Å². The van der Waals surface area contributed by atoms with E-state index in [9.17, 15) is 13.2 Å². The maximum atomic E-state index is 12.1. The van der Waals surface area contributed by atoms with E-state index in [2.05, 4.69) is 10.0 Å². The van der Waals surface area contributed by atoms with Gasteiger partial charge in [0.15, 0.2) is 0 Å². The van der Waals surface area contributed by atoms with Gasteiger partial charge in [0.2, 0.25) is 15.9 Å². The van der Waals surface area contributed by atoms with E-state index in [4.69, 9.17) is 4.74 Å². The highest BCUT2D eigenvalue weighted by atomic mass is 32.2. The second kappa shape index (κ2) is 10.3. The Hall–Kier alpha value is -2.03. The van der Waals surface area contributed by atoms with Crippen molar-refractivity contribution in [2.24, 2.45) is 0 Å². The molecule has 2 aromatic carbocycles. The van der Waals surface area contributed by atoms with Gasteiger partial charge in [-0.1, -0.05) is 23.8 Å². The molecule has 0 saturated carbocycles. The number of methoxy groups -OCH3 is 1. The van der Waals surface area contributed by atoms with Crippen molar-refractivity contribution in [2.45, 2.75) is 23.1 Å². The summed E-state index contributed by atoms with van der Waals surface area (Å²) in [5.74, 6) is 0.952. The maximum Gasteiger partial charge on any atom is 0.240 e. The lowest BCUT2D eigenvalue weighted by Gasteiger charge is -2.08. The zero-order valence-electron chi connectivity index (χ0n) is 15.4. The first-order valence-corrected chi connectivity index (χ1v) is 11.0. The average Bonchev–Trinajstić information content (AvgIpc) is 2.66. The molecule has 0 aromatic heterocycles. The number of hydrogen-bond acceptors (Lipinski definition) is 5. The van der Waals surface area contributed by atoms with Gasteiger partial charge in [0.05, 0.1) is 17.8 Å². The van der Waals surface area contributed by atoms with Crippen LogP contribution >= 0.6 is 11.8 Å². The molecule has 1 amide bonds. The van der Waals surface area contributed by atoms with Crippen molar-refractivity contribution in [2.75, 3.05) is 26.0 Å². The van der Waals surface area contributed by atoms with Crippen molar-refractivity contribution >= 4 is 27.7 Å². The van der Waals surface area contributed by atoms with E-state index in [0.717, 1.165) is 16.2 Å². The fraction of sp³-hybridized carbons (Fsp3) is 0.316. The number of aryl methyl sites for hydroxylation is 1. The number of hydrogen-bond donors (Lipinski definition) is 2. The number of rotatable bonds is 10. The molecule has 0 aliphatic heterocycles. The second-order valence-electron chi connectivity index (χ2n) is 5.88. The molecule has 0 atom stereocenters. The average molecular weight is 409 g/mol. The SMILES string of the molecule is COc1cccc(SCC(=O)NCCCNS(=O)(=O)c2ccc(C)cc2)c1. The minimum absolute atomic E-state index is 0.0933. The molecule has 0 heterocycles. The minimum atomic E-state index is -3.51. The van der Waals surface area contributed by atoms with E-state index in [1.54, 1.807) is 31.4 Å². The van der Waals surface area contributed by atoms with E-state index >= 15 is 0 Å². The lowest BCUT2D eigenvalue weighted by Crippen LogP contribution is -2.30. The fourth-order valence-electron chi connectivity index (χ4n) is 2.21. The van der Waals surface area contributed by atoms with Gasteiger partial charge in [-0.15, -0.1) is 11.8 Å². The Kier molecular flexibility index (Phi) is 8.15. The molecule has 6 nitrogen and oxygen atoms in total. The first-order valence-electron chi connectivity index (χ1n) is 8.50. The largest absolute Gasteiger partial charge is 0.497 e. The van der Waals surface area contributed by atoms with Gasteiger partial charge in [-0.2, -0.15) is 0 Å². The molecule has 0 fully saturated rings. The van der Waals surface area contributed by atoms with Crippen LogP contribution in [0.15, 0.2) is 58.3 Å². The predicted octanol–water partition coefficient (Wildman–Crippen LogP) is 2.58. The van der Waals surface area contributed by atoms with Crippen molar-refractivity contribution in [3.05, 3.63) is 54.1 Å². The summed E-state index contributed by atoms with van der Waals surface area (Å²) < 4.78 is 32.0. The van der Waals surface area contributed by atoms with Crippen molar-refractivity contribution < 1.29 is 17.9 Å². The van der Waals surface area contributed by atoms with Crippen LogP contribution in [-0.4, -0.2) is 40.3 Å². The summed E-state index contributed by atoms with van der Waals surface area (Å²) in [5, 5.41) is 2.79.